The molecule has 2 saturated heterocycles. The summed E-state index contributed by atoms with van der Waals surface area (Å²) in [6, 6.07) is 0.997. The van der Waals surface area contributed by atoms with E-state index in [0.717, 1.165) is 32.0 Å². The maximum Gasteiger partial charge on any atom is 0.219 e. The average Bonchev–Trinajstić information content (AvgIpc) is 3.40. The molecule has 4 rings (SSSR count). The summed E-state index contributed by atoms with van der Waals surface area (Å²) in [6.45, 7) is 5.73. The molecule has 7 heteroatoms. The fourth-order valence-electron chi connectivity index (χ4n) is 4.63. The zero-order chi connectivity index (χ0) is 17.2. The van der Waals surface area contributed by atoms with Crippen LogP contribution in [0.5, 0.6) is 0 Å². The van der Waals surface area contributed by atoms with E-state index in [1.54, 1.807) is 6.92 Å². The molecule has 2 aliphatic heterocycles. The van der Waals surface area contributed by atoms with Crippen molar-refractivity contribution in [1.29, 1.82) is 0 Å². The van der Waals surface area contributed by atoms with E-state index in [4.69, 9.17) is 0 Å². The van der Waals surface area contributed by atoms with Gasteiger partial charge in [0.25, 0.3) is 0 Å². The van der Waals surface area contributed by atoms with Crippen molar-refractivity contribution in [3.05, 3.63) is 5.82 Å². The van der Waals surface area contributed by atoms with Crippen molar-refractivity contribution >= 4 is 5.91 Å². The molecule has 0 spiro atoms. The van der Waals surface area contributed by atoms with Crippen molar-refractivity contribution in [1.82, 2.24) is 30.0 Å². The maximum atomic E-state index is 12.1. The highest BCUT2D eigenvalue weighted by molar-refractivity contribution is 5.73. The number of carbonyl (C=O) groups is 1. The molecule has 1 aromatic rings. The molecule has 3 fully saturated rings. The molecule has 25 heavy (non-hydrogen) atoms. The Bertz CT molecular complexity index is 590. The van der Waals surface area contributed by atoms with Gasteiger partial charge in [0, 0.05) is 19.5 Å². The summed E-state index contributed by atoms with van der Waals surface area (Å²) in [4.78, 5) is 16.7. The van der Waals surface area contributed by atoms with Gasteiger partial charge < -0.3 is 4.90 Å². The first-order chi connectivity index (χ1) is 12.2. The Kier molecular flexibility index (Phi) is 5.01. The fourth-order valence-corrected chi connectivity index (χ4v) is 4.63. The molecule has 0 bridgehead atoms. The van der Waals surface area contributed by atoms with Crippen LogP contribution in [0, 0.1) is 5.92 Å². The van der Waals surface area contributed by atoms with Crippen LogP contribution in [0.1, 0.15) is 70.2 Å². The highest BCUT2D eigenvalue weighted by Crippen LogP contribution is 2.35. The Balaban J connectivity index is 1.34. The highest BCUT2D eigenvalue weighted by atomic mass is 16.2. The van der Waals surface area contributed by atoms with Crippen LogP contribution >= 0.6 is 0 Å². The lowest BCUT2D eigenvalue weighted by Crippen LogP contribution is -2.47. The van der Waals surface area contributed by atoms with E-state index in [1.807, 2.05) is 4.68 Å². The van der Waals surface area contributed by atoms with Crippen molar-refractivity contribution < 1.29 is 4.79 Å². The minimum Gasteiger partial charge on any atom is -0.340 e. The van der Waals surface area contributed by atoms with Gasteiger partial charge in [0.1, 0.15) is 0 Å². The number of piperidine rings is 1. The average molecular weight is 346 g/mol. The Labute approximate surface area is 149 Å². The second-order valence-electron chi connectivity index (χ2n) is 8.01. The van der Waals surface area contributed by atoms with Crippen molar-refractivity contribution in [3.8, 4) is 0 Å². The van der Waals surface area contributed by atoms with Gasteiger partial charge in [-0.25, -0.2) is 4.68 Å². The number of nitrogens with zero attached hydrogens (tertiary/aromatic N) is 6. The molecule has 1 atom stereocenters. The van der Waals surface area contributed by atoms with Gasteiger partial charge in [-0.2, -0.15) is 0 Å². The lowest BCUT2D eigenvalue weighted by Gasteiger charge is -2.40. The lowest BCUT2D eigenvalue weighted by molar-refractivity contribution is -0.132. The van der Waals surface area contributed by atoms with E-state index in [0.29, 0.717) is 18.0 Å². The minimum atomic E-state index is 0.262. The molecule has 1 saturated carbocycles. The van der Waals surface area contributed by atoms with Crippen LogP contribution in [0.2, 0.25) is 0 Å². The van der Waals surface area contributed by atoms with Crippen LogP contribution in [0.3, 0.4) is 0 Å². The van der Waals surface area contributed by atoms with Crippen LogP contribution in [-0.2, 0) is 11.3 Å². The van der Waals surface area contributed by atoms with Crippen LogP contribution < -0.4 is 0 Å². The molecular weight excluding hydrogens is 316 g/mol. The van der Waals surface area contributed by atoms with E-state index in [2.05, 4.69) is 25.3 Å². The summed E-state index contributed by atoms with van der Waals surface area (Å²) in [5.41, 5.74) is 0. The Hall–Kier alpha value is -1.50. The summed E-state index contributed by atoms with van der Waals surface area (Å²) in [5.74, 6) is 1.93. The van der Waals surface area contributed by atoms with E-state index in [-0.39, 0.29) is 5.91 Å². The van der Waals surface area contributed by atoms with Crippen LogP contribution in [-0.4, -0.2) is 61.6 Å². The summed E-state index contributed by atoms with van der Waals surface area (Å²) in [7, 11) is 0. The first-order valence-corrected chi connectivity index (χ1v) is 9.98. The molecule has 3 heterocycles. The number of rotatable bonds is 4. The maximum absolute atomic E-state index is 12.1. The van der Waals surface area contributed by atoms with Crippen molar-refractivity contribution in [2.75, 3.05) is 19.6 Å². The molecule has 0 aromatic carbocycles. The topological polar surface area (TPSA) is 67.2 Å². The monoisotopic (exact) mass is 346 g/mol. The van der Waals surface area contributed by atoms with Gasteiger partial charge in [0.15, 0.2) is 5.82 Å². The summed E-state index contributed by atoms with van der Waals surface area (Å²) in [6.07, 6.45) is 9.67. The number of amides is 1. The van der Waals surface area contributed by atoms with Crippen molar-refractivity contribution in [2.24, 2.45) is 5.92 Å². The van der Waals surface area contributed by atoms with E-state index in [1.165, 1.54) is 51.4 Å². The summed E-state index contributed by atoms with van der Waals surface area (Å²) < 4.78 is 2.02. The Morgan fingerprint density at radius 3 is 2.56 bits per heavy atom. The van der Waals surface area contributed by atoms with Gasteiger partial charge in [-0.05, 0) is 68.0 Å². The second kappa shape index (κ2) is 7.40. The highest BCUT2D eigenvalue weighted by Gasteiger charge is 2.33. The van der Waals surface area contributed by atoms with Crippen molar-refractivity contribution in [2.45, 2.75) is 76.9 Å². The molecule has 1 aromatic heterocycles. The molecule has 7 nitrogen and oxygen atoms in total. The third-order valence-electron chi connectivity index (χ3n) is 6.20. The predicted molar refractivity (Wildman–Crippen MR) is 93.7 cm³/mol. The summed E-state index contributed by atoms with van der Waals surface area (Å²) in [5, 5.41) is 12.3. The zero-order valence-electron chi connectivity index (χ0n) is 15.3. The molecule has 1 aliphatic carbocycles. The normalized spacial score (nSPS) is 26.6. The number of hydrogen-bond donors (Lipinski definition) is 0. The third kappa shape index (κ3) is 3.86. The number of aromatic nitrogens is 4. The predicted octanol–water partition coefficient (Wildman–Crippen LogP) is 2.01. The molecule has 0 radical (unpaired) electrons. The molecule has 138 valence electrons. The first-order valence-electron chi connectivity index (χ1n) is 9.98. The lowest BCUT2D eigenvalue weighted by atomic mass is 9.86. The molecule has 0 unspecified atom stereocenters. The van der Waals surface area contributed by atoms with Crippen LogP contribution in [0.15, 0.2) is 0 Å². The zero-order valence-corrected chi connectivity index (χ0v) is 15.3. The standard InChI is InChI=1S/C18H30N6O/c1-14(25)23-10-4-2-3-5-17(23)15-8-11-22(12-9-15)13-18-19-20-21-24(18)16-6-7-16/h15-17H,2-13H2,1H3/t17-/m0/s1. The number of hydrogen-bond acceptors (Lipinski definition) is 5. The van der Waals surface area contributed by atoms with E-state index in [9.17, 15) is 4.79 Å². The first kappa shape index (κ1) is 16.9. The van der Waals surface area contributed by atoms with Crippen molar-refractivity contribution in [3.63, 3.8) is 0 Å². The fraction of sp³-hybridized carbons (Fsp3) is 0.889. The summed E-state index contributed by atoms with van der Waals surface area (Å²) >= 11 is 0. The van der Waals surface area contributed by atoms with Gasteiger partial charge >= 0.3 is 0 Å². The van der Waals surface area contributed by atoms with Gasteiger partial charge in [-0.15, -0.1) is 5.10 Å². The quantitative estimate of drug-likeness (QED) is 0.834. The largest absolute Gasteiger partial charge is 0.340 e. The van der Waals surface area contributed by atoms with E-state index >= 15 is 0 Å². The number of likely N-dealkylation sites (tertiary alicyclic amines) is 2. The minimum absolute atomic E-state index is 0.262. The van der Waals surface area contributed by atoms with E-state index < -0.39 is 0 Å². The second-order valence-corrected chi connectivity index (χ2v) is 8.01. The Morgan fingerprint density at radius 1 is 1.04 bits per heavy atom. The molecule has 1 amide bonds. The van der Waals surface area contributed by atoms with Crippen LogP contribution in [0.25, 0.3) is 0 Å². The molecule has 3 aliphatic rings. The van der Waals surface area contributed by atoms with Gasteiger partial charge in [0.2, 0.25) is 5.91 Å². The number of tetrazole rings is 1. The third-order valence-corrected chi connectivity index (χ3v) is 6.20. The smallest absolute Gasteiger partial charge is 0.219 e. The van der Waals surface area contributed by atoms with Crippen LogP contribution in [0.4, 0.5) is 0 Å². The van der Waals surface area contributed by atoms with Gasteiger partial charge in [0.05, 0.1) is 12.6 Å². The van der Waals surface area contributed by atoms with Gasteiger partial charge in [-0.1, -0.05) is 12.8 Å². The van der Waals surface area contributed by atoms with Gasteiger partial charge in [-0.3, -0.25) is 9.69 Å². The Morgan fingerprint density at radius 2 is 1.84 bits per heavy atom. The number of carbonyl (C=O) groups excluding carboxylic acids is 1. The molecular formula is C18H30N6O. The molecule has 0 N–H and O–H groups in total. The SMILES string of the molecule is CC(=O)N1CCCCC[C@H]1C1CCN(Cc2nnnn2C2CC2)CC1.